The van der Waals surface area contributed by atoms with E-state index in [1.54, 1.807) is 0 Å². The molecule has 1 fully saturated rings. The van der Waals surface area contributed by atoms with Gasteiger partial charge in [0.05, 0.1) is 11.4 Å². The smallest absolute Gasteiger partial charge is 0.160 e. The van der Waals surface area contributed by atoms with Gasteiger partial charge in [0.15, 0.2) is 5.82 Å². The van der Waals surface area contributed by atoms with Crippen molar-refractivity contribution in [1.82, 2.24) is 9.97 Å². The van der Waals surface area contributed by atoms with E-state index in [9.17, 15) is 0 Å². The molecule has 0 atom stereocenters. The molecule has 2 heterocycles. The van der Waals surface area contributed by atoms with E-state index in [1.165, 1.54) is 65.5 Å². The van der Waals surface area contributed by atoms with Gasteiger partial charge in [-0.25, -0.2) is 9.97 Å². The van der Waals surface area contributed by atoms with Gasteiger partial charge >= 0.3 is 0 Å². The lowest BCUT2D eigenvalue weighted by molar-refractivity contribution is 0.353. The third kappa shape index (κ3) is 5.18. The molecule has 3 nitrogen and oxygen atoms in total. The van der Waals surface area contributed by atoms with Crippen molar-refractivity contribution >= 4 is 21.9 Å². The predicted octanol–water partition coefficient (Wildman–Crippen LogP) is 13.9. The van der Waals surface area contributed by atoms with Crippen LogP contribution in [0.5, 0.6) is 0 Å². The molecule has 262 valence electrons. The van der Waals surface area contributed by atoms with Gasteiger partial charge in [-0.05, 0) is 70.0 Å². The highest BCUT2D eigenvalue weighted by Crippen LogP contribution is 2.56. The second-order valence-electron chi connectivity index (χ2n) is 15.2. The molecule has 2 aliphatic carbocycles. The maximum absolute atomic E-state index is 7.04. The lowest BCUT2D eigenvalue weighted by Gasteiger charge is -2.36. The molecule has 1 saturated carbocycles. The number of fused-ring (bicyclic) bond motifs is 8. The van der Waals surface area contributed by atoms with Crippen LogP contribution in [-0.4, -0.2) is 9.97 Å². The van der Waals surface area contributed by atoms with E-state index < -0.39 is 0 Å². The summed E-state index contributed by atoms with van der Waals surface area (Å²) < 4.78 is 7.04. The van der Waals surface area contributed by atoms with E-state index in [1.807, 2.05) is 12.1 Å². The van der Waals surface area contributed by atoms with Crippen LogP contribution in [-0.2, 0) is 5.41 Å². The molecule has 0 unspecified atom stereocenters. The van der Waals surface area contributed by atoms with Gasteiger partial charge in [0.2, 0.25) is 0 Å². The maximum Gasteiger partial charge on any atom is 0.160 e. The molecular formula is C52H38N2O. The van der Waals surface area contributed by atoms with Crippen molar-refractivity contribution in [2.75, 3.05) is 0 Å². The number of nitrogens with zero attached hydrogens (tertiary/aromatic N) is 2. The van der Waals surface area contributed by atoms with E-state index >= 15 is 0 Å². The van der Waals surface area contributed by atoms with Crippen molar-refractivity contribution in [3.63, 3.8) is 0 Å². The van der Waals surface area contributed by atoms with Crippen LogP contribution in [0, 0.1) is 0 Å². The van der Waals surface area contributed by atoms with Gasteiger partial charge in [0.25, 0.3) is 0 Å². The minimum absolute atomic E-state index is 0.0954. The van der Waals surface area contributed by atoms with Crippen LogP contribution in [0.2, 0.25) is 0 Å². The fourth-order valence-corrected chi connectivity index (χ4v) is 9.48. The van der Waals surface area contributed by atoms with Crippen LogP contribution in [0.25, 0.3) is 89.2 Å². The number of furan rings is 1. The Morgan fingerprint density at radius 2 is 0.945 bits per heavy atom. The number of para-hydroxylation sites is 2. The Morgan fingerprint density at radius 1 is 0.382 bits per heavy atom. The lowest BCUT2D eigenvalue weighted by atomic mass is 9.67. The molecule has 2 aromatic heterocycles. The standard InChI is InChI=1S/C52H38N2O/c1-4-14-34(15-5-1)35-24-26-37(27-25-35)51-53-47(36-16-6-2-7-17-36)33-48(54-51)44-22-13-21-43-42-20-12-19-39(49(42)55-50(43)44)38-28-29-41-40-18-8-9-23-45(40)52(46(41)32-38)30-10-3-11-31-52/h1-2,4-9,12-29,32-33H,3,10-11,30-31H2. The van der Waals surface area contributed by atoms with Crippen molar-refractivity contribution in [3.8, 4) is 67.3 Å². The Bertz CT molecular complexity index is 2880. The summed E-state index contributed by atoms with van der Waals surface area (Å²) in [6, 6.07) is 60.7. The van der Waals surface area contributed by atoms with Gasteiger partial charge in [-0.1, -0.05) is 171 Å². The Morgan fingerprint density at radius 3 is 1.71 bits per heavy atom. The van der Waals surface area contributed by atoms with Gasteiger partial charge in [-0.15, -0.1) is 0 Å². The minimum Gasteiger partial charge on any atom is -0.455 e. The zero-order chi connectivity index (χ0) is 36.3. The fourth-order valence-electron chi connectivity index (χ4n) is 9.48. The summed E-state index contributed by atoms with van der Waals surface area (Å²) in [6.07, 6.45) is 6.29. The lowest BCUT2D eigenvalue weighted by Crippen LogP contribution is -2.28. The first kappa shape index (κ1) is 31.9. The summed E-state index contributed by atoms with van der Waals surface area (Å²) in [5, 5.41) is 2.19. The largest absolute Gasteiger partial charge is 0.455 e. The normalized spacial score (nSPS) is 14.3. The van der Waals surface area contributed by atoms with Crippen molar-refractivity contribution in [2.45, 2.75) is 37.5 Å². The Hall–Kier alpha value is -6.58. The summed E-state index contributed by atoms with van der Waals surface area (Å²) >= 11 is 0. The third-order valence-electron chi connectivity index (χ3n) is 12.1. The molecule has 0 amide bonds. The van der Waals surface area contributed by atoms with Crippen LogP contribution >= 0.6 is 0 Å². The molecule has 11 rings (SSSR count). The van der Waals surface area contributed by atoms with Crippen molar-refractivity contribution in [1.29, 1.82) is 0 Å². The molecule has 1 spiro atoms. The molecule has 0 saturated heterocycles. The molecule has 3 heteroatoms. The zero-order valence-electron chi connectivity index (χ0n) is 30.5. The molecular weight excluding hydrogens is 669 g/mol. The summed E-state index contributed by atoms with van der Waals surface area (Å²) in [6.45, 7) is 0. The first-order chi connectivity index (χ1) is 27.2. The highest BCUT2D eigenvalue weighted by atomic mass is 16.3. The number of aromatic nitrogens is 2. The summed E-state index contributed by atoms with van der Waals surface area (Å²) in [7, 11) is 0. The first-order valence-corrected chi connectivity index (χ1v) is 19.5. The Balaban J connectivity index is 1.06. The number of hydrogen-bond acceptors (Lipinski definition) is 3. The highest BCUT2D eigenvalue weighted by molar-refractivity contribution is 6.13. The first-order valence-electron chi connectivity index (χ1n) is 19.5. The van der Waals surface area contributed by atoms with Crippen LogP contribution in [0.3, 0.4) is 0 Å². The van der Waals surface area contributed by atoms with E-state index in [-0.39, 0.29) is 5.41 Å². The number of benzene rings is 7. The monoisotopic (exact) mass is 706 g/mol. The average Bonchev–Trinajstić information content (AvgIpc) is 3.78. The topological polar surface area (TPSA) is 38.9 Å². The second-order valence-corrected chi connectivity index (χ2v) is 15.2. The van der Waals surface area contributed by atoms with Gasteiger partial charge in [0.1, 0.15) is 11.2 Å². The Labute approximate surface area is 321 Å². The number of rotatable bonds is 5. The predicted molar refractivity (Wildman–Crippen MR) is 226 cm³/mol. The second kappa shape index (κ2) is 12.8. The van der Waals surface area contributed by atoms with Crippen LogP contribution in [0.4, 0.5) is 0 Å². The summed E-state index contributed by atoms with van der Waals surface area (Å²) in [5.41, 5.74) is 17.0. The molecule has 7 aromatic carbocycles. The molecule has 55 heavy (non-hydrogen) atoms. The maximum atomic E-state index is 7.04. The number of hydrogen-bond donors (Lipinski definition) is 0. The quantitative estimate of drug-likeness (QED) is 0.179. The average molecular weight is 707 g/mol. The third-order valence-corrected chi connectivity index (χ3v) is 12.1. The molecule has 0 aliphatic heterocycles. The van der Waals surface area contributed by atoms with Crippen molar-refractivity contribution in [3.05, 3.63) is 181 Å². The van der Waals surface area contributed by atoms with E-state index in [0.717, 1.165) is 61.1 Å². The SMILES string of the molecule is c1ccc(-c2ccc(-c3nc(-c4ccccc4)cc(-c4cccc5c4oc4c(-c6ccc7c(c6)C6(CCCCC6)c6ccccc6-7)cccc45)n3)cc2)cc1. The molecule has 0 N–H and O–H groups in total. The highest BCUT2D eigenvalue weighted by Gasteiger charge is 2.43. The molecule has 9 aromatic rings. The van der Waals surface area contributed by atoms with Crippen LogP contribution in [0.15, 0.2) is 174 Å². The molecule has 2 aliphatic rings. The fraction of sp³-hybridized carbons (Fsp3) is 0.115. The van der Waals surface area contributed by atoms with Crippen molar-refractivity contribution in [2.24, 2.45) is 0 Å². The molecule has 0 radical (unpaired) electrons. The summed E-state index contributed by atoms with van der Waals surface area (Å²) in [5.74, 6) is 0.681. The zero-order valence-corrected chi connectivity index (χ0v) is 30.5. The van der Waals surface area contributed by atoms with Crippen LogP contribution in [0.1, 0.15) is 43.2 Å². The minimum atomic E-state index is 0.0954. The van der Waals surface area contributed by atoms with E-state index in [2.05, 4.69) is 158 Å². The van der Waals surface area contributed by atoms with Crippen molar-refractivity contribution < 1.29 is 4.42 Å². The summed E-state index contributed by atoms with van der Waals surface area (Å²) in [4.78, 5) is 10.4. The Kier molecular flexibility index (Phi) is 7.41. The van der Waals surface area contributed by atoms with Crippen LogP contribution < -0.4 is 0 Å². The van der Waals surface area contributed by atoms with E-state index in [0.29, 0.717) is 5.82 Å². The van der Waals surface area contributed by atoms with Gasteiger partial charge < -0.3 is 4.42 Å². The van der Waals surface area contributed by atoms with Gasteiger partial charge in [0, 0.05) is 38.4 Å². The van der Waals surface area contributed by atoms with E-state index in [4.69, 9.17) is 14.4 Å². The van der Waals surface area contributed by atoms with Gasteiger partial charge in [-0.3, -0.25) is 0 Å². The molecule has 0 bridgehead atoms. The van der Waals surface area contributed by atoms with Gasteiger partial charge in [-0.2, -0.15) is 0 Å².